The lowest BCUT2D eigenvalue weighted by Crippen LogP contribution is -2.41. The van der Waals surface area contributed by atoms with Crippen molar-refractivity contribution >= 4 is 5.91 Å². The average molecular weight is 374 g/mol. The molecule has 142 valence electrons. The lowest BCUT2D eigenvalue weighted by Gasteiger charge is -2.31. The van der Waals surface area contributed by atoms with Crippen LogP contribution in [0, 0.1) is 0 Å². The largest absolute Gasteiger partial charge is 0.336 e. The molecule has 6 heteroatoms. The van der Waals surface area contributed by atoms with Crippen LogP contribution in [0.4, 0.5) is 0 Å². The van der Waals surface area contributed by atoms with Crippen molar-refractivity contribution in [2.45, 2.75) is 32.2 Å². The molecule has 1 atom stereocenters. The second kappa shape index (κ2) is 7.76. The molecule has 4 rings (SSSR count). The van der Waals surface area contributed by atoms with E-state index in [0.717, 1.165) is 12.0 Å². The number of rotatable bonds is 4. The number of benzene rings is 1. The molecule has 3 aromatic rings. The number of hydrogen-bond donors (Lipinski definition) is 1. The van der Waals surface area contributed by atoms with Gasteiger partial charge in [0, 0.05) is 18.3 Å². The minimum atomic E-state index is -0.181. The zero-order valence-corrected chi connectivity index (χ0v) is 15.8. The number of aromatic nitrogens is 3. The van der Waals surface area contributed by atoms with E-state index in [-0.39, 0.29) is 17.4 Å². The SMILES string of the molecule is CC[C@H](C(=O)N1CCc2c(nc(-c3ccccn3)[nH]c2=O)C1)c1ccccc1. The number of fused-ring (bicyclic) bond motifs is 1. The number of nitrogens with zero attached hydrogens (tertiary/aromatic N) is 3. The summed E-state index contributed by atoms with van der Waals surface area (Å²) in [7, 11) is 0. The minimum Gasteiger partial charge on any atom is -0.336 e. The molecule has 1 aromatic carbocycles. The van der Waals surface area contributed by atoms with Crippen LogP contribution in [-0.2, 0) is 17.8 Å². The van der Waals surface area contributed by atoms with Gasteiger partial charge in [0.1, 0.15) is 5.69 Å². The number of amides is 1. The molecule has 0 spiro atoms. The van der Waals surface area contributed by atoms with Gasteiger partial charge in [0.2, 0.25) is 5.91 Å². The summed E-state index contributed by atoms with van der Waals surface area (Å²) >= 11 is 0. The first kappa shape index (κ1) is 18.1. The van der Waals surface area contributed by atoms with Crippen molar-refractivity contribution in [3.63, 3.8) is 0 Å². The highest BCUT2D eigenvalue weighted by Gasteiger charge is 2.29. The smallest absolute Gasteiger partial charge is 0.254 e. The van der Waals surface area contributed by atoms with Crippen molar-refractivity contribution in [1.82, 2.24) is 19.9 Å². The van der Waals surface area contributed by atoms with Crippen molar-refractivity contribution in [2.24, 2.45) is 0 Å². The summed E-state index contributed by atoms with van der Waals surface area (Å²) in [6.07, 6.45) is 2.90. The molecule has 1 aliphatic heterocycles. The number of hydrogen-bond acceptors (Lipinski definition) is 4. The molecular formula is C22H22N4O2. The summed E-state index contributed by atoms with van der Waals surface area (Å²) in [6, 6.07) is 15.3. The molecule has 0 bridgehead atoms. The maximum Gasteiger partial charge on any atom is 0.254 e. The Labute approximate surface area is 163 Å². The topological polar surface area (TPSA) is 79.0 Å². The maximum atomic E-state index is 13.2. The van der Waals surface area contributed by atoms with Gasteiger partial charge in [-0.1, -0.05) is 43.3 Å². The Morgan fingerprint density at radius 3 is 2.68 bits per heavy atom. The Bertz CT molecular complexity index is 1030. The Kier molecular flexibility index (Phi) is 5.02. The highest BCUT2D eigenvalue weighted by Crippen LogP contribution is 2.25. The van der Waals surface area contributed by atoms with Crippen molar-refractivity contribution in [2.75, 3.05) is 6.54 Å². The van der Waals surface area contributed by atoms with Gasteiger partial charge in [-0.05, 0) is 30.5 Å². The molecule has 6 nitrogen and oxygen atoms in total. The second-order valence-corrected chi connectivity index (χ2v) is 6.94. The Morgan fingerprint density at radius 1 is 1.18 bits per heavy atom. The fourth-order valence-corrected chi connectivity index (χ4v) is 3.71. The summed E-state index contributed by atoms with van der Waals surface area (Å²) in [5.74, 6) is 0.342. The Morgan fingerprint density at radius 2 is 1.96 bits per heavy atom. The van der Waals surface area contributed by atoms with E-state index < -0.39 is 0 Å². The zero-order valence-electron chi connectivity index (χ0n) is 15.8. The number of pyridine rings is 1. The van der Waals surface area contributed by atoms with Gasteiger partial charge in [-0.3, -0.25) is 14.6 Å². The minimum absolute atomic E-state index is 0.0841. The molecule has 1 aliphatic rings. The van der Waals surface area contributed by atoms with E-state index >= 15 is 0 Å². The predicted molar refractivity (Wildman–Crippen MR) is 107 cm³/mol. The third-order valence-electron chi connectivity index (χ3n) is 5.20. The van der Waals surface area contributed by atoms with Crippen molar-refractivity contribution in [3.8, 4) is 11.5 Å². The van der Waals surface area contributed by atoms with E-state index in [1.54, 1.807) is 12.3 Å². The summed E-state index contributed by atoms with van der Waals surface area (Å²) in [4.78, 5) is 39.2. The quantitative estimate of drug-likeness (QED) is 0.762. The van der Waals surface area contributed by atoms with Crippen molar-refractivity contribution in [3.05, 3.63) is 81.9 Å². The highest BCUT2D eigenvalue weighted by molar-refractivity contribution is 5.84. The van der Waals surface area contributed by atoms with Crippen molar-refractivity contribution < 1.29 is 4.79 Å². The van der Waals surface area contributed by atoms with E-state index in [1.165, 1.54) is 0 Å². The van der Waals surface area contributed by atoms with Crippen LogP contribution in [0.3, 0.4) is 0 Å². The number of H-pyrrole nitrogens is 1. The number of carbonyl (C=O) groups is 1. The summed E-state index contributed by atoms with van der Waals surface area (Å²) in [5, 5.41) is 0. The molecule has 1 amide bonds. The van der Waals surface area contributed by atoms with Crippen LogP contribution in [0.1, 0.15) is 36.1 Å². The molecular weight excluding hydrogens is 352 g/mol. The normalized spacial score (nSPS) is 14.4. The van der Waals surface area contributed by atoms with E-state index in [4.69, 9.17) is 0 Å². The van der Waals surface area contributed by atoms with Crippen LogP contribution in [0.2, 0.25) is 0 Å². The zero-order chi connectivity index (χ0) is 19.5. The van der Waals surface area contributed by atoms with Crippen molar-refractivity contribution in [1.29, 1.82) is 0 Å². The van der Waals surface area contributed by atoms with Gasteiger partial charge in [0.25, 0.3) is 5.56 Å². The molecule has 0 saturated carbocycles. The first-order valence-corrected chi connectivity index (χ1v) is 9.54. The lowest BCUT2D eigenvalue weighted by atomic mass is 9.94. The van der Waals surface area contributed by atoms with Gasteiger partial charge in [-0.25, -0.2) is 4.98 Å². The second-order valence-electron chi connectivity index (χ2n) is 6.94. The Balaban J connectivity index is 1.63. The van der Waals surface area contributed by atoms with E-state index in [9.17, 15) is 9.59 Å². The van der Waals surface area contributed by atoms with Gasteiger partial charge in [0.15, 0.2) is 5.82 Å². The first-order valence-electron chi connectivity index (χ1n) is 9.54. The first-order chi connectivity index (χ1) is 13.7. The molecule has 2 aromatic heterocycles. The van der Waals surface area contributed by atoms with Crippen LogP contribution in [0.25, 0.3) is 11.5 Å². The third kappa shape index (κ3) is 3.45. The monoisotopic (exact) mass is 374 g/mol. The number of aromatic amines is 1. The van der Waals surface area contributed by atoms with Crippen LogP contribution >= 0.6 is 0 Å². The van der Waals surface area contributed by atoms with E-state index in [1.807, 2.05) is 54.3 Å². The fraction of sp³-hybridized carbons (Fsp3) is 0.273. The van der Waals surface area contributed by atoms with Gasteiger partial charge in [-0.2, -0.15) is 0 Å². The summed E-state index contributed by atoms with van der Waals surface area (Å²) in [5.41, 5.74) is 2.81. The Hall–Kier alpha value is -3.28. The van der Waals surface area contributed by atoms with Crippen LogP contribution in [0.15, 0.2) is 59.5 Å². The standard InChI is InChI=1S/C22H22N4O2/c1-2-16(15-8-4-3-5-9-15)22(28)26-13-11-17-19(14-26)24-20(25-21(17)27)18-10-6-7-12-23-18/h3-10,12,16H,2,11,13-14H2,1H3,(H,24,25,27)/t16-/m0/s1. The molecule has 0 radical (unpaired) electrons. The predicted octanol–water partition coefficient (Wildman–Crippen LogP) is 2.91. The lowest BCUT2D eigenvalue weighted by molar-refractivity contribution is -0.133. The average Bonchev–Trinajstić information content (AvgIpc) is 2.75. The molecule has 0 fully saturated rings. The number of carbonyl (C=O) groups excluding carboxylic acids is 1. The molecule has 28 heavy (non-hydrogen) atoms. The molecule has 3 heterocycles. The number of nitrogens with one attached hydrogen (secondary N) is 1. The van der Waals surface area contributed by atoms with Crippen LogP contribution in [0.5, 0.6) is 0 Å². The molecule has 1 N–H and O–H groups in total. The van der Waals surface area contributed by atoms with E-state index in [2.05, 4.69) is 15.0 Å². The molecule has 0 unspecified atom stereocenters. The van der Waals surface area contributed by atoms with Crippen LogP contribution in [-0.4, -0.2) is 32.3 Å². The molecule has 0 aliphatic carbocycles. The van der Waals surface area contributed by atoms with Gasteiger partial charge < -0.3 is 9.88 Å². The highest BCUT2D eigenvalue weighted by atomic mass is 16.2. The maximum absolute atomic E-state index is 13.2. The summed E-state index contributed by atoms with van der Waals surface area (Å²) < 4.78 is 0. The third-order valence-corrected chi connectivity index (χ3v) is 5.20. The van der Waals surface area contributed by atoms with Crippen LogP contribution < -0.4 is 5.56 Å². The fourth-order valence-electron chi connectivity index (χ4n) is 3.71. The molecule has 0 saturated heterocycles. The summed E-state index contributed by atoms with van der Waals surface area (Å²) in [6.45, 7) is 2.90. The van der Waals surface area contributed by atoms with Gasteiger partial charge >= 0.3 is 0 Å². The van der Waals surface area contributed by atoms with E-state index in [0.29, 0.717) is 42.3 Å². The van der Waals surface area contributed by atoms with Gasteiger partial charge in [-0.15, -0.1) is 0 Å². The van der Waals surface area contributed by atoms with Gasteiger partial charge in [0.05, 0.1) is 18.2 Å².